The van der Waals surface area contributed by atoms with Crippen molar-refractivity contribution in [1.82, 2.24) is 5.32 Å². The maximum atomic E-state index is 12.9. The number of esters is 1. The fraction of sp³-hybridized carbons (Fsp3) is 0.276. The zero-order valence-corrected chi connectivity index (χ0v) is 23.7. The lowest BCUT2D eigenvalue weighted by Crippen LogP contribution is -2.25. The molecule has 3 aromatic carbocycles. The molecule has 3 aromatic rings. The molecule has 0 saturated carbocycles. The fourth-order valence-corrected chi connectivity index (χ4v) is 3.99. The molecule has 0 aliphatic carbocycles. The molecule has 13 heteroatoms. The van der Waals surface area contributed by atoms with E-state index in [9.17, 15) is 24.5 Å². The van der Waals surface area contributed by atoms with Gasteiger partial charge in [0.05, 0.1) is 32.0 Å². The molecule has 0 aliphatic heterocycles. The van der Waals surface area contributed by atoms with E-state index < -0.39 is 16.3 Å². The van der Waals surface area contributed by atoms with Gasteiger partial charge < -0.3 is 29.0 Å². The van der Waals surface area contributed by atoms with Crippen molar-refractivity contribution in [2.45, 2.75) is 26.0 Å². The molecule has 0 spiro atoms. The minimum Gasteiger partial charge on any atom is -0.496 e. The number of nitrogens with zero attached hydrogens (tertiary/aromatic N) is 1. The molecule has 0 radical (unpaired) electrons. The average molecular weight is 601 g/mol. The molecule has 0 bridgehead atoms. The largest absolute Gasteiger partial charge is 0.496 e. The summed E-state index contributed by atoms with van der Waals surface area (Å²) < 4.78 is 26.4. The SMILES string of the molecule is COc1ccc([N+](=O)[O-])cc1COC(=O)Cc1cc(OC)c(OCCOC(=O)Cl)cc1CNC(=O)Cc1ccccc1. The van der Waals surface area contributed by atoms with Crippen molar-refractivity contribution in [3.05, 3.63) is 93.0 Å². The molecule has 1 amide bonds. The van der Waals surface area contributed by atoms with Gasteiger partial charge in [0.25, 0.3) is 5.69 Å². The van der Waals surface area contributed by atoms with Crippen molar-refractivity contribution in [3.63, 3.8) is 0 Å². The van der Waals surface area contributed by atoms with E-state index in [1.54, 1.807) is 12.1 Å². The van der Waals surface area contributed by atoms with Crippen molar-refractivity contribution >= 4 is 34.6 Å². The molecular formula is C29H29ClN2O10. The highest BCUT2D eigenvalue weighted by molar-refractivity contribution is 6.61. The van der Waals surface area contributed by atoms with Crippen molar-refractivity contribution in [2.24, 2.45) is 0 Å². The van der Waals surface area contributed by atoms with Gasteiger partial charge in [0, 0.05) is 35.8 Å². The molecule has 0 unspecified atom stereocenters. The number of methoxy groups -OCH3 is 2. The van der Waals surface area contributed by atoms with Gasteiger partial charge in [-0.25, -0.2) is 4.79 Å². The van der Waals surface area contributed by atoms with Crippen LogP contribution in [0, 0.1) is 10.1 Å². The van der Waals surface area contributed by atoms with E-state index in [1.165, 1.54) is 32.4 Å². The molecule has 0 fully saturated rings. The Bertz CT molecular complexity index is 1420. The van der Waals surface area contributed by atoms with Crippen LogP contribution in [-0.2, 0) is 45.1 Å². The Morgan fingerprint density at radius 3 is 2.21 bits per heavy atom. The molecule has 0 saturated heterocycles. The third kappa shape index (κ3) is 9.66. The zero-order chi connectivity index (χ0) is 30.5. The van der Waals surface area contributed by atoms with Gasteiger partial charge in [0.2, 0.25) is 5.91 Å². The number of ether oxygens (including phenoxy) is 5. The van der Waals surface area contributed by atoms with Crippen LogP contribution in [0.15, 0.2) is 60.7 Å². The second kappa shape index (κ2) is 15.8. The highest BCUT2D eigenvalue weighted by Crippen LogP contribution is 2.32. The summed E-state index contributed by atoms with van der Waals surface area (Å²) in [5.74, 6) is 0.0341. The van der Waals surface area contributed by atoms with E-state index in [0.717, 1.165) is 5.56 Å². The number of carbonyl (C=O) groups is 3. The molecule has 0 aromatic heterocycles. The number of non-ortho nitro benzene ring substituents is 1. The predicted octanol–water partition coefficient (Wildman–Crippen LogP) is 4.51. The quantitative estimate of drug-likeness (QED) is 0.0866. The lowest BCUT2D eigenvalue weighted by molar-refractivity contribution is -0.385. The van der Waals surface area contributed by atoms with Gasteiger partial charge >= 0.3 is 11.4 Å². The lowest BCUT2D eigenvalue weighted by Gasteiger charge is -2.17. The maximum Gasteiger partial charge on any atom is 0.403 e. The van der Waals surface area contributed by atoms with E-state index in [0.29, 0.717) is 22.4 Å². The van der Waals surface area contributed by atoms with Crippen LogP contribution in [0.1, 0.15) is 22.3 Å². The summed E-state index contributed by atoms with van der Waals surface area (Å²) in [7, 11) is 2.82. The molecule has 0 aliphatic rings. The fourth-order valence-electron chi connectivity index (χ4n) is 3.91. The summed E-state index contributed by atoms with van der Waals surface area (Å²) in [6.45, 7) is -0.334. The van der Waals surface area contributed by atoms with Crippen molar-refractivity contribution in [3.8, 4) is 17.2 Å². The van der Waals surface area contributed by atoms with Crippen molar-refractivity contribution < 1.29 is 43.0 Å². The standard InChI is InChI=1S/C29H29ClN2O10/c1-38-24-9-8-23(32(36)37)13-22(24)18-42-28(34)16-20-14-25(39-2)26(40-10-11-41-29(30)35)15-21(20)17-31-27(33)12-19-6-4-3-5-7-19/h3-9,13-15H,10-12,16-18H2,1-2H3,(H,31,33). The summed E-state index contributed by atoms with van der Waals surface area (Å²) in [6.07, 6.45) is -0.0474. The van der Waals surface area contributed by atoms with Crippen LogP contribution >= 0.6 is 11.6 Å². The Kier molecular flexibility index (Phi) is 11.9. The topological polar surface area (TPSA) is 153 Å². The molecule has 0 atom stereocenters. The van der Waals surface area contributed by atoms with Crippen LogP contribution in [0.3, 0.4) is 0 Å². The van der Waals surface area contributed by atoms with E-state index in [1.807, 2.05) is 30.3 Å². The Hall–Kier alpha value is -4.84. The van der Waals surface area contributed by atoms with Crippen LogP contribution in [0.25, 0.3) is 0 Å². The second-order valence-electron chi connectivity index (χ2n) is 8.74. The number of hydrogen-bond donors (Lipinski definition) is 1. The first kappa shape index (κ1) is 31.7. The summed E-state index contributed by atoms with van der Waals surface area (Å²) in [5.41, 5.74) is 1.06. The van der Waals surface area contributed by atoms with Gasteiger partial charge in [-0.1, -0.05) is 30.3 Å². The smallest absolute Gasteiger partial charge is 0.403 e. The highest BCUT2D eigenvalue weighted by atomic mass is 35.5. The van der Waals surface area contributed by atoms with Gasteiger partial charge in [-0.3, -0.25) is 19.7 Å². The first-order valence-corrected chi connectivity index (χ1v) is 13.0. The van der Waals surface area contributed by atoms with E-state index >= 15 is 0 Å². The Balaban J connectivity index is 1.77. The normalized spacial score (nSPS) is 10.4. The first-order valence-electron chi connectivity index (χ1n) is 12.6. The lowest BCUT2D eigenvalue weighted by atomic mass is 10.0. The van der Waals surface area contributed by atoms with Crippen LogP contribution in [0.5, 0.6) is 17.2 Å². The average Bonchev–Trinajstić information content (AvgIpc) is 2.97. The van der Waals surface area contributed by atoms with Gasteiger partial charge in [-0.05, 0) is 34.9 Å². The molecule has 0 heterocycles. The van der Waals surface area contributed by atoms with E-state index in [-0.39, 0.29) is 62.3 Å². The van der Waals surface area contributed by atoms with Crippen LogP contribution in [0.4, 0.5) is 10.5 Å². The molecule has 3 rings (SSSR count). The minimum atomic E-state index is -0.969. The van der Waals surface area contributed by atoms with Crippen molar-refractivity contribution in [1.29, 1.82) is 0 Å². The third-order valence-electron chi connectivity index (χ3n) is 5.92. The number of amides is 1. The second-order valence-corrected chi connectivity index (χ2v) is 9.04. The van der Waals surface area contributed by atoms with Crippen molar-refractivity contribution in [2.75, 3.05) is 27.4 Å². The summed E-state index contributed by atoms with van der Waals surface area (Å²) in [4.78, 5) is 46.9. The summed E-state index contributed by atoms with van der Waals surface area (Å²) >= 11 is 5.18. The Morgan fingerprint density at radius 1 is 0.833 bits per heavy atom. The summed E-state index contributed by atoms with van der Waals surface area (Å²) in [5, 5.41) is 14.0. The molecule has 1 N–H and O–H groups in total. The van der Waals surface area contributed by atoms with Crippen LogP contribution < -0.4 is 19.5 Å². The Morgan fingerprint density at radius 2 is 1.55 bits per heavy atom. The first-order chi connectivity index (χ1) is 20.2. The number of benzene rings is 3. The minimum absolute atomic E-state index is 0.0267. The van der Waals surface area contributed by atoms with E-state index in [2.05, 4.69) is 10.1 Å². The maximum absolute atomic E-state index is 12.9. The number of carbonyl (C=O) groups excluding carboxylic acids is 3. The number of nitro groups is 1. The van der Waals surface area contributed by atoms with Gasteiger partial charge in [0.1, 0.15) is 25.6 Å². The molecular weight excluding hydrogens is 572 g/mol. The van der Waals surface area contributed by atoms with Crippen LogP contribution in [0.2, 0.25) is 0 Å². The number of hydrogen-bond acceptors (Lipinski definition) is 10. The van der Waals surface area contributed by atoms with E-state index in [4.69, 9.17) is 30.5 Å². The number of rotatable bonds is 15. The number of nitro benzene ring substituents is 1. The van der Waals surface area contributed by atoms with Gasteiger partial charge in [-0.15, -0.1) is 0 Å². The molecule has 42 heavy (non-hydrogen) atoms. The molecule has 12 nitrogen and oxygen atoms in total. The zero-order valence-electron chi connectivity index (χ0n) is 22.9. The predicted molar refractivity (Wildman–Crippen MR) is 151 cm³/mol. The highest BCUT2D eigenvalue weighted by Gasteiger charge is 2.18. The van der Waals surface area contributed by atoms with Crippen LogP contribution in [-0.4, -0.2) is 49.7 Å². The number of halogens is 1. The number of nitrogens with one attached hydrogen (secondary N) is 1. The summed E-state index contributed by atoms with van der Waals surface area (Å²) in [6, 6.07) is 16.4. The van der Waals surface area contributed by atoms with Gasteiger partial charge in [0.15, 0.2) is 11.5 Å². The monoisotopic (exact) mass is 600 g/mol. The third-order valence-corrected chi connectivity index (χ3v) is 6.03. The van der Waals surface area contributed by atoms with Gasteiger partial charge in [-0.2, -0.15) is 0 Å². The molecule has 222 valence electrons. The Labute approximate surface area is 246 Å².